The molecule has 4 heterocycles. The predicted octanol–water partition coefficient (Wildman–Crippen LogP) is 3.49. The number of nitrogens with zero attached hydrogens (tertiary/aromatic N) is 2. The van der Waals surface area contributed by atoms with Crippen LogP contribution in [-0.4, -0.2) is 41.8 Å². The molecule has 5 rings (SSSR count). The molecule has 130 valence electrons. The normalized spacial score (nSPS) is 40.8. The van der Waals surface area contributed by atoms with Crippen LogP contribution in [0.15, 0.2) is 24.3 Å². The summed E-state index contributed by atoms with van der Waals surface area (Å²) in [5.41, 5.74) is 2.33. The molecule has 0 aliphatic carbocycles. The summed E-state index contributed by atoms with van der Waals surface area (Å²) in [6.07, 6.45) is 0.345. The zero-order valence-electron chi connectivity index (χ0n) is 15.7. The van der Waals surface area contributed by atoms with Gasteiger partial charge in [-0.05, 0) is 24.3 Å². The zero-order valence-corrected chi connectivity index (χ0v) is 15.7. The Kier molecular flexibility index (Phi) is 3.50. The van der Waals surface area contributed by atoms with E-state index < -0.39 is 0 Å². The van der Waals surface area contributed by atoms with E-state index in [9.17, 15) is 4.79 Å². The largest absolute Gasteiger partial charge is 0.298 e. The van der Waals surface area contributed by atoms with Crippen molar-refractivity contribution >= 4 is 5.78 Å². The molecule has 4 aliphatic heterocycles. The van der Waals surface area contributed by atoms with Crippen molar-refractivity contribution in [2.24, 2.45) is 22.7 Å². The molecule has 1 aromatic carbocycles. The van der Waals surface area contributed by atoms with Gasteiger partial charge < -0.3 is 0 Å². The minimum absolute atomic E-state index is 0.179. The average molecular weight is 326 g/mol. The SMILES string of the molecule is Cc1ccc(C2N3CC4(C(C)C)CN2CC(C(C)C)(C3)C4=O)cc1. The van der Waals surface area contributed by atoms with Gasteiger partial charge in [0.2, 0.25) is 0 Å². The number of piperidine rings is 2. The molecular formula is C21H30N2O. The van der Waals surface area contributed by atoms with Crippen molar-refractivity contribution in [1.82, 2.24) is 9.80 Å². The van der Waals surface area contributed by atoms with E-state index in [0.717, 1.165) is 26.2 Å². The molecule has 0 N–H and O–H groups in total. The summed E-state index contributed by atoms with van der Waals surface area (Å²) in [7, 11) is 0. The highest BCUT2D eigenvalue weighted by Gasteiger charge is 2.67. The summed E-state index contributed by atoms with van der Waals surface area (Å²) in [5, 5.41) is 0. The van der Waals surface area contributed by atoms with Gasteiger partial charge >= 0.3 is 0 Å². The lowest BCUT2D eigenvalue weighted by atomic mass is 9.53. The van der Waals surface area contributed by atoms with E-state index in [1.54, 1.807) is 0 Å². The highest BCUT2D eigenvalue weighted by Crippen LogP contribution is 2.57. The molecule has 24 heavy (non-hydrogen) atoms. The third kappa shape index (κ3) is 1.94. The van der Waals surface area contributed by atoms with Crippen molar-refractivity contribution in [3.8, 4) is 0 Å². The van der Waals surface area contributed by atoms with Gasteiger partial charge in [-0.15, -0.1) is 0 Å². The standard InChI is InChI=1S/C21H30N2O/c1-14(2)20-10-22-12-21(15(3)4,19(20)24)13-23(11-20)18(22)17-8-6-16(5)7-9-17/h6-9,14-15,18H,10-13H2,1-5H3. The van der Waals surface area contributed by atoms with Crippen LogP contribution < -0.4 is 0 Å². The van der Waals surface area contributed by atoms with E-state index in [4.69, 9.17) is 0 Å². The third-order valence-electron chi connectivity index (χ3n) is 7.12. The van der Waals surface area contributed by atoms with Crippen LogP contribution in [0, 0.1) is 29.6 Å². The van der Waals surface area contributed by atoms with E-state index in [1.807, 2.05) is 0 Å². The number of hydrogen-bond donors (Lipinski definition) is 0. The molecule has 4 bridgehead atoms. The fourth-order valence-electron chi connectivity index (χ4n) is 5.44. The lowest BCUT2D eigenvalue weighted by molar-refractivity contribution is -0.217. The fourth-order valence-corrected chi connectivity index (χ4v) is 5.44. The summed E-state index contributed by atoms with van der Waals surface area (Å²) >= 11 is 0. The molecule has 3 nitrogen and oxygen atoms in total. The Hall–Kier alpha value is -1.19. The van der Waals surface area contributed by atoms with Gasteiger partial charge in [0, 0.05) is 26.2 Å². The Morgan fingerprint density at radius 3 is 1.67 bits per heavy atom. The smallest absolute Gasteiger partial charge is 0.150 e. The number of aryl methyl sites for hydroxylation is 1. The second-order valence-corrected chi connectivity index (χ2v) is 9.05. The second-order valence-electron chi connectivity index (χ2n) is 9.05. The van der Waals surface area contributed by atoms with Gasteiger partial charge in [0.25, 0.3) is 0 Å². The van der Waals surface area contributed by atoms with Crippen LogP contribution in [0.5, 0.6) is 0 Å². The van der Waals surface area contributed by atoms with E-state index in [1.165, 1.54) is 11.1 Å². The Bertz CT molecular complexity index is 615. The van der Waals surface area contributed by atoms with Gasteiger partial charge in [0.15, 0.2) is 5.78 Å². The van der Waals surface area contributed by atoms with E-state index in [0.29, 0.717) is 23.8 Å². The summed E-state index contributed by atoms with van der Waals surface area (Å²) in [5.74, 6) is 1.34. The lowest BCUT2D eigenvalue weighted by Gasteiger charge is -2.68. The van der Waals surface area contributed by atoms with Crippen LogP contribution in [0.3, 0.4) is 0 Å². The quantitative estimate of drug-likeness (QED) is 0.849. The number of hydrogen-bond acceptors (Lipinski definition) is 3. The molecule has 0 atom stereocenters. The van der Waals surface area contributed by atoms with Gasteiger partial charge in [-0.1, -0.05) is 57.5 Å². The number of carbonyl (C=O) groups excluding carboxylic acids is 1. The summed E-state index contributed by atoms with van der Waals surface area (Å²) in [6, 6.07) is 8.97. The Morgan fingerprint density at radius 2 is 1.29 bits per heavy atom. The highest BCUT2D eigenvalue weighted by atomic mass is 16.1. The number of Topliss-reactive ketones (excluding diaryl/α,β-unsaturated/α-hetero) is 1. The van der Waals surface area contributed by atoms with Crippen LogP contribution in [-0.2, 0) is 4.79 Å². The van der Waals surface area contributed by atoms with Gasteiger partial charge in [0.1, 0.15) is 0 Å². The molecule has 4 aliphatic rings. The molecule has 0 radical (unpaired) electrons. The predicted molar refractivity (Wildman–Crippen MR) is 96.6 cm³/mol. The Balaban J connectivity index is 1.78. The van der Waals surface area contributed by atoms with E-state index in [2.05, 4.69) is 68.7 Å². The van der Waals surface area contributed by atoms with Gasteiger partial charge in [-0.3, -0.25) is 14.6 Å². The van der Waals surface area contributed by atoms with Crippen LogP contribution in [0.4, 0.5) is 0 Å². The molecule has 4 saturated heterocycles. The summed E-state index contributed by atoms with van der Waals surface area (Å²) < 4.78 is 0. The van der Waals surface area contributed by atoms with Crippen molar-refractivity contribution in [3.05, 3.63) is 35.4 Å². The first-order valence-electron chi connectivity index (χ1n) is 9.40. The Labute approximate surface area is 146 Å². The zero-order chi connectivity index (χ0) is 17.3. The van der Waals surface area contributed by atoms with E-state index in [-0.39, 0.29) is 10.8 Å². The summed E-state index contributed by atoms with van der Waals surface area (Å²) in [6.45, 7) is 14.8. The number of ketones is 1. The Morgan fingerprint density at radius 1 is 0.875 bits per heavy atom. The average Bonchev–Trinajstić information content (AvgIpc) is 2.52. The molecule has 4 fully saturated rings. The first kappa shape index (κ1) is 16.3. The number of carbonyl (C=O) groups is 1. The molecule has 0 unspecified atom stereocenters. The maximum atomic E-state index is 13.5. The third-order valence-corrected chi connectivity index (χ3v) is 7.12. The minimum Gasteiger partial charge on any atom is -0.298 e. The van der Waals surface area contributed by atoms with Crippen molar-refractivity contribution in [3.63, 3.8) is 0 Å². The topological polar surface area (TPSA) is 23.6 Å². The second kappa shape index (κ2) is 5.15. The first-order valence-corrected chi connectivity index (χ1v) is 9.40. The van der Waals surface area contributed by atoms with Gasteiger partial charge in [-0.2, -0.15) is 0 Å². The molecular weight excluding hydrogens is 296 g/mol. The first-order chi connectivity index (χ1) is 11.3. The van der Waals surface area contributed by atoms with Gasteiger partial charge in [0.05, 0.1) is 17.0 Å². The van der Waals surface area contributed by atoms with Crippen molar-refractivity contribution < 1.29 is 4.79 Å². The molecule has 0 aromatic heterocycles. The van der Waals surface area contributed by atoms with Crippen molar-refractivity contribution in [1.29, 1.82) is 0 Å². The molecule has 1 aromatic rings. The maximum Gasteiger partial charge on any atom is 0.150 e. The highest BCUT2D eigenvalue weighted by molar-refractivity contribution is 5.94. The molecule has 0 saturated carbocycles. The monoisotopic (exact) mass is 326 g/mol. The molecule has 0 amide bonds. The van der Waals surface area contributed by atoms with Crippen LogP contribution in [0.25, 0.3) is 0 Å². The number of rotatable bonds is 3. The minimum atomic E-state index is -0.179. The van der Waals surface area contributed by atoms with Crippen LogP contribution >= 0.6 is 0 Å². The van der Waals surface area contributed by atoms with Crippen molar-refractivity contribution in [2.75, 3.05) is 26.2 Å². The van der Waals surface area contributed by atoms with Crippen LogP contribution in [0.1, 0.15) is 45.0 Å². The lowest BCUT2D eigenvalue weighted by Crippen LogP contribution is -2.78. The maximum absolute atomic E-state index is 13.5. The number of benzene rings is 1. The fraction of sp³-hybridized carbons (Fsp3) is 0.667. The van der Waals surface area contributed by atoms with Crippen LogP contribution in [0.2, 0.25) is 0 Å². The molecule has 0 spiro atoms. The van der Waals surface area contributed by atoms with E-state index >= 15 is 0 Å². The summed E-state index contributed by atoms with van der Waals surface area (Å²) in [4.78, 5) is 18.7. The van der Waals surface area contributed by atoms with Gasteiger partial charge in [-0.25, -0.2) is 0 Å². The molecule has 3 heteroatoms. The van der Waals surface area contributed by atoms with Crippen molar-refractivity contribution in [2.45, 2.75) is 40.8 Å².